The van der Waals surface area contributed by atoms with Gasteiger partial charge in [0, 0.05) is 23.8 Å². The van der Waals surface area contributed by atoms with Crippen LogP contribution in [0.4, 0.5) is 8.78 Å². The number of carbonyl (C=O) groups excluding carboxylic acids is 2. The van der Waals surface area contributed by atoms with Crippen molar-refractivity contribution in [1.29, 1.82) is 0 Å². The molecule has 8 heteroatoms. The maximum atomic E-state index is 13.8. The zero-order valence-corrected chi connectivity index (χ0v) is 13.4. The second-order valence-electron chi connectivity index (χ2n) is 5.11. The van der Waals surface area contributed by atoms with Crippen molar-refractivity contribution < 1.29 is 28.2 Å². The summed E-state index contributed by atoms with van der Waals surface area (Å²) in [7, 11) is 0. The number of rotatable bonds is 2. The quantitative estimate of drug-likeness (QED) is 0.716. The van der Waals surface area contributed by atoms with Crippen molar-refractivity contribution in [3.63, 3.8) is 0 Å². The van der Waals surface area contributed by atoms with Gasteiger partial charge >= 0.3 is 5.97 Å². The lowest BCUT2D eigenvalue weighted by Crippen LogP contribution is -2.13. The third-order valence-electron chi connectivity index (χ3n) is 3.48. The van der Waals surface area contributed by atoms with Crippen LogP contribution in [0, 0.1) is 17.9 Å². The topological polar surface area (TPSA) is 68.5 Å². The molecule has 5 nitrogen and oxygen atoms in total. The highest BCUT2D eigenvalue weighted by Crippen LogP contribution is 2.37. The van der Waals surface area contributed by atoms with Gasteiger partial charge in [-0.15, -0.1) is 11.3 Å². The van der Waals surface area contributed by atoms with E-state index in [-0.39, 0.29) is 27.9 Å². The number of carbonyl (C=O) groups is 2. The number of halogens is 2. The molecule has 0 amide bonds. The van der Waals surface area contributed by atoms with Gasteiger partial charge in [0.25, 0.3) is 5.91 Å². The minimum absolute atomic E-state index is 0.0388. The third-order valence-corrected chi connectivity index (χ3v) is 4.19. The second kappa shape index (κ2) is 5.72. The van der Waals surface area contributed by atoms with E-state index < -0.39 is 28.6 Å². The van der Waals surface area contributed by atoms with E-state index in [4.69, 9.17) is 4.74 Å². The maximum absolute atomic E-state index is 13.8. The van der Waals surface area contributed by atoms with E-state index in [1.807, 2.05) is 0 Å². The van der Waals surface area contributed by atoms with Crippen LogP contribution in [0.15, 0.2) is 23.6 Å². The monoisotopic (exact) mass is 351 g/mol. The number of fused-ring (bicyclic) bond motifs is 1. The first-order valence-corrected chi connectivity index (χ1v) is 7.68. The van der Waals surface area contributed by atoms with E-state index in [1.54, 1.807) is 0 Å². The highest BCUT2D eigenvalue weighted by molar-refractivity contribution is 7.08. The number of aromatic hydroxyl groups is 1. The molecule has 0 aliphatic rings. The van der Waals surface area contributed by atoms with E-state index in [0.717, 1.165) is 34.1 Å². The Bertz CT molecular complexity index is 990. The van der Waals surface area contributed by atoms with E-state index in [1.165, 1.54) is 19.2 Å². The number of benzene rings is 1. The number of ether oxygens (including phenoxy) is 1. The number of hydrogen-bond acceptors (Lipinski definition) is 5. The van der Waals surface area contributed by atoms with Crippen LogP contribution < -0.4 is 4.74 Å². The van der Waals surface area contributed by atoms with Crippen LogP contribution in [0.3, 0.4) is 0 Å². The Morgan fingerprint density at radius 3 is 2.54 bits per heavy atom. The molecule has 0 spiro atoms. The van der Waals surface area contributed by atoms with Gasteiger partial charge in [0.15, 0.2) is 22.4 Å². The van der Waals surface area contributed by atoms with Gasteiger partial charge in [-0.3, -0.25) is 14.2 Å². The zero-order chi connectivity index (χ0) is 17.6. The lowest BCUT2D eigenvalue weighted by Gasteiger charge is -2.05. The highest BCUT2D eigenvalue weighted by atomic mass is 32.1. The Morgan fingerprint density at radius 2 is 1.96 bits per heavy atom. The fourth-order valence-electron chi connectivity index (χ4n) is 2.48. The number of thiophene rings is 1. The summed E-state index contributed by atoms with van der Waals surface area (Å²) >= 11 is 0.761. The van der Waals surface area contributed by atoms with E-state index in [2.05, 4.69) is 0 Å². The number of hydrogen-bond donors (Lipinski definition) is 1. The average Bonchev–Trinajstić information content (AvgIpc) is 3.03. The van der Waals surface area contributed by atoms with Crippen LogP contribution in [0.25, 0.3) is 10.9 Å². The van der Waals surface area contributed by atoms with Crippen LogP contribution >= 0.6 is 11.3 Å². The van der Waals surface area contributed by atoms with Gasteiger partial charge in [0.2, 0.25) is 0 Å². The van der Waals surface area contributed by atoms with Gasteiger partial charge in [-0.05, 0) is 19.1 Å². The molecular weight excluding hydrogens is 340 g/mol. The van der Waals surface area contributed by atoms with Gasteiger partial charge in [-0.25, -0.2) is 4.39 Å². The second-order valence-corrected chi connectivity index (χ2v) is 5.97. The molecule has 0 atom stereocenters. The van der Waals surface area contributed by atoms with E-state index >= 15 is 0 Å². The molecule has 2 heterocycles. The van der Waals surface area contributed by atoms with E-state index in [0.29, 0.717) is 0 Å². The van der Waals surface area contributed by atoms with E-state index in [9.17, 15) is 23.5 Å². The van der Waals surface area contributed by atoms with Gasteiger partial charge in [-0.2, -0.15) is 4.39 Å². The van der Waals surface area contributed by atoms with Crippen molar-refractivity contribution in [2.24, 2.45) is 0 Å². The summed E-state index contributed by atoms with van der Waals surface area (Å²) in [6.07, 6.45) is 0. The molecule has 1 aromatic carbocycles. The normalized spacial score (nSPS) is 11.0. The van der Waals surface area contributed by atoms with Crippen molar-refractivity contribution in [1.82, 2.24) is 4.57 Å². The number of aromatic nitrogens is 1. The van der Waals surface area contributed by atoms with Crippen LogP contribution in [-0.2, 0) is 4.79 Å². The summed E-state index contributed by atoms with van der Waals surface area (Å²) in [6.45, 7) is 2.69. The summed E-state index contributed by atoms with van der Waals surface area (Å²) in [5.74, 6) is -2.75. The molecule has 0 aliphatic carbocycles. The van der Waals surface area contributed by atoms with Crippen LogP contribution in [0.5, 0.6) is 11.5 Å². The Hall–Kier alpha value is -2.74. The molecule has 0 fully saturated rings. The van der Waals surface area contributed by atoms with Crippen LogP contribution in [0.1, 0.15) is 23.0 Å². The summed E-state index contributed by atoms with van der Waals surface area (Å²) in [6, 6.07) is 3.11. The maximum Gasteiger partial charge on any atom is 0.308 e. The average molecular weight is 351 g/mol. The first-order chi connectivity index (χ1) is 11.3. The molecule has 3 rings (SSSR count). The summed E-state index contributed by atoms with van der Waals surface area (Å²) in [5.41, 5.74) is 0.429. The number of esters is 1. The Labute approximate surface area is 138 Å². The first kappa shape index (κ1) is 16.1. The largest absolute Gasteiger partial charge is 0.505 e. The Kier molecular flexibility index (Phi) is 3.84. The lowest BCUT2D eigenvalue weighted by atomic mass is 10.2. The standard InChI is InChI=1S/C16H11F2NO4S/c1-7-15(23-8(2)20)10-4-13(21)11(17)5-12(10)19(7)16(22)9-3-14(18)24-6-9/h3-6,21H,1-2H3. The fraction of sp³-hybridized carbons (Fsp3) is 0.125. The first-order valence-electron chi connectivity index (χ1n) is 6.80. The van der Waals surface area contributed by atoms with Gasteiger partial charge < -0.3 is 9.84 Å². The molecule has 124 valence electrons. The van der Waals surface area contributed by atoms with Gasteiger partial charge in [-0.1, -0.05) is 0 Å². The van der Waals surface area contributed by atoms with Gasteiger partial charge in [0.05, 0.1) is 16.8 Å². The van der Waals surface area contributed by atoms with Crippen LogP contribution in [0.2, 0.25) is 0 Å². The number of phenols is 1. The molecule has 0 saturated carbocycles. The Balaban J connectivity index is 2.30. The van der Waals surface area contributed by atoms with Crippen LogP contribution in [-0.4, -0.2) is 21.6 Å². The predicted molar refractivity (Wildman–Crippen MR) is 83.6 cm³/mol. The fourth-order valence-corrected chi connectivity index (χ4v) is 3.08. The molecule has 1 N–H and O–H groups in total. The smallest absolute Gasteiger partial charge is 0.308 e. The van der Waals surface area contributed by atoms with Gasteiger partial charge in [0.1, 0.15) is 0 Å². The highest BCUT2D eigenvalue weighted by Gasteiger charge is 2.24. The molecule has 3 aromatic rings. The number of phenolic OH excluding ortho intramolecular Hbond substituents is 1. The SMILES string of the molecule is CC(=O)Oc1c(C)n(C(=O)c2csc(F)c2)c2cc(F)c(O)cc12. The van der Waals surface area contributed by atoms with Crippen molar-refractivity contribution in [2.75, 3.05) is 0 Å². The zero-order valence-electron chi connectivity index (χ0n) is 12.6. The van der Waals surface area contributed by atoms with Crippen molar-refractivity contribution in [2.45, 2.75) is 13.8 Å². The van der Waals surface area contributed by atoms with Crippen molar-refractivity contribution in [3.8, 4) is 11.5 Å². The van der Waals surface area contributed by atoms with Crippen molar-refractivity contribution >= 4 is 34.1 Å². The van der Waals surface area contributed by atoms with Crippen molar-refractivity contribution in [3.05, 3.63) is 45.8 Å². The molecule has 0 unspecified atom stereocenters. The summed E-state index contributed by atoms with van der Waals surface area (Å²) < 4.78 is 33.2. The Morgan fingerprint density at radius 1 is 1.25 bits per heavy atom. The molecule has 2 aromatic heterocycles. The minimum Gasteiger partial charge on any atom is -0.505 e. The molecule has 0 radical (unpaired) electrons. The summed E-state index contributed by atoms with van der Waals surface area (Å²) in [4.78, 5) is 24.0. The molecule has 24 heavy (non-hydrogen) atoms. The minimum atomic E-state index is -0.931. The molecule has 0 aliphatic heterocycles. The lowest BCUT2D eigenvalue weighted by molar-refractivity contribution is -0.131. The molecule has 0 saturated heterocycles. The number of nitrogens with zero attached hydrogens (tertiary/aromatic N) is 1. The molecular formula is C16H11F2NO4S. The third kappa shape index (κ3) is 2.54. The predicted octanol–water partition coefficient (Wildman–Crippen LogP) is 3.61. The summed E-state index contributed by atoms with van der Waals surface area (Å²) in [5, 5.41) is 10.6. The molecule has 0 bridgehead atoms.